The number of nitrogens with one attached hydrogen (secondary N) is 1. The number of ether oxygens (including phenoxy) is 1. The van der Waals surface area contributed by atoms with Crippen LogP contribution in [0, 0.1) is 0 Å². The van der Waals surface area contributed by atoms with E-state index in [2.05, 4.69) is 10.3 Å². The molecule has 0 saturated carbocycles. The van der Waals surface area contributed by atoms with E-state index in [1.54, 1.807) is 30.7 Å². The van der Waals surface area contributed by atoms with Crippen LogP contribution >= 0.6 is 22.9 Å². The Morgan fingerprint density at radius 1 is 1.23 bits per heavy atom. The zero-order valence-electron chi connectivity index (χ0n) is 17.0. The van der Waals surface area contributed by atoms with Crippen molar-refractivity contribution >= 4 is 40.8 Å². The SMILES string of the molecule is CCOC(=O)C1=C(C)N=c2s/c(=C\Nc3ccccc3Cl)c(=O)n2[C@@H]1c1ccccc1. The number of thiazole rings is 1. The minimum atomic E-state index is -0.612. The number of benzene rings is 2. The van der Waals surface area contributed by atoms with Gasteiger partial charge >= 0.3 is 5.97 Å². The van der Waals surface area contributed by atoms with E-state index in [9.17, 15) is 9.59 Å². The number of anilines is 1. The average Bonchev–Trinajstić information content (AvgIpc) is 3.08. The lowest BCUT2D eigenvalue weighted by Gasteiger charge is -2.24. The maximum atomic E-state index is 13.4. The van der Waals surface area contributed by atoms with Crippen molar-refractivity contribution in [3.8, 4) is 0 Å². The molecule has 0 radical (unpaired) electrons. The maximum Gasteiger partial charge on any atom is 0.338 e. The Morgan fingerprint density at radius 2 is 1.94 bits per heavy atom. The number of fused-ring (bicyclic) bond motifs is 1. The lowest BCUT2D eigenvalue weighted by molar-refractivity contribution is -0.139. The van der Waals surface area contributed by atoms with Crippen LogP contribution in [0.4, 0.5) is 5.69 Å². The molecule has 1 N–H and O–H groups in total. The number of allylic oxidation sites excluding steroid dienone is 1. The Morgan fingerprint density at radius 3 is 2.65 bits per heavy atom. The molecule has 0 aliphatic carbocycles. The second-order valence-electron chi connectivity index (χ2n) is 6.84. The van der Waals surface area contributed by atoms with E-state index in [4.69, 9.17) is 16.3 Å². The number of carbonyl (C=O) groups is 1. The monoisotopic (exact) mass is 453 g/mol. The molecule has 158 valence electrons. The highest BCUT2D eigenvalue weighted by atomic mass is 35.5. The lowest BCUT2D eigenvalue weighted by atomic mass is 9.96. The van der Waals surface area contributed by atoms with E-state index < -0.39 is 12.0 Å². The molecule has 4 rings (SSSR count). The third-order valence-corrected chi connectivity index (χ3v) is 6.18. The van der Waals surface area contributed by atoms with Crippen LogP contribution in [0.5, 0.6) is 0 Å². The van der Waals surface area contributed by atoms with E-state index in [1.165, 1.54) is 11.3 Å². The fraction of sp³-hybridized carbons (Fsp3) is 0.174. The van der Waals surface area contributed by atoms with Gasteiger partial charge in [0.25, 0.3) is 5.56 Å². The van der Waals surface area contributed by atoms with Gasteiger partial charge in [-0.05, 0) is 31.5 Å². The third kappa shape index (κ3) is 4.06. The van der Waals surface area contributed by atoms with Crippen molar-refractivity contribution in [1.82, 2.24) is 4.57 Å². The van der Waals surface area contributed by atoms with Gasteiger partial charge in [-0.15, -0.1) is 0 Å². The first-order valence-corrected chi connectivity index (χ1v) is 10.9. The van der Waals surface area contributed by atoms with E-state index >= 15 is 0 Å². The molecule has 3 aromatic rings. The second-order valence-corrected chi connectivity index (χ2v) is 8.25. The van der Waals surface area contributed by atoms with E-state index in [1.807, 2.05) is 48.5 Å². The first kappa shape index (κ1) is 21.1. The molecule has 8 heteroatoms. The molecule has 1 aromatic heterocycles. The van der Waals surface area contributed by atoms with Crippen molar-refractivity contribution in [1.29, 1.82) is 0 Å². The normalized spacial score (nSPS) is 16.0. The van der Waals surface area contributed by atoms with Crippen molar-refractivity contribution in [3.05, 3.63) is 96.1 Å². The highest BCUT2D eigenvalue weighted by molar-refractivity contribution is 7.07. The van der Waals surface area contributed by atoms with Gasteiger partial charge in [0.1, 0.15) is 4.53 Å². The van der Waals surface area contributed by atoms with Crippen molar-refractivity contribution in [2.45, 2.75) is 19.9 Å². The summed E-state index contributed by atoms with van der Waals surface area (Å²) in [5.41, 5.74) is 2.17. The minimum absolute atomic E-state index is 0.239. The van der Waals surface area contributed by atoms with Gasteiger partial charge in [-0.3, -0.25) is 9.36 Å². The van der Waals surface area contributed by atoms with Crippen LogP contribution in [0.3, 0.4) is 0 Å². The largest absolute Gasteiger partial charge is 0.463 e. The molecule has 1 aliphatic rings. The molecule has 0 spiro atoms. The summed E-state index contributed by atoms with van der Waals surface area (Å²) in [7, 11) is 0. The number of carbonyl (C=O) groups excluding carboxylic acids is 1. The van der Waals surface area contributed by atoms with Crippen molar-refractivity contribution < 1.29 is 9.53 Å². The van der Waals surface area contributed by atoms with E-state index in [-0.39, 0.29) is 12.2 Å². The van der Waals surface area contributed by atoms with E-state index in [0.717, 1.165) is 5.56 Å². The molecule has 31 heavy (non-hydrogen) atoms. The molecule has 0 unspecified atom stereocenters. The summed E-state index contributed by atoms with van der Waals surface area (Å²) >= 11 is 7.45. The molecule has 2 aromatic carbocycles. The molecular formula is C23H20ClN3O3S. The first-order valence-electron chi connectivity index (χ1n) is 9.75. The van der Waals surface area contributed by atoms with Crippen LogP contribution in [-0.2, 0) is 9.53 Å². The van der Waals surface area contributed by atoms with Crippen molar-refractivity contribution in [2.75, 3.05) is 11.9 Å². The lowest BCUT2D eigenvalue weighted by Crippen LogP contribution is -2.40. The minimum Gasteiger partial charge on any atom is -0.463 e. The second kappa shape index (κ2) is 8.91. The zero-order valence-corrected chi connectivity index (χ0v) is 18.5. The summed E-state index contributed by atoms with van der Waals surface area (Å²) in [6, 6.07) is 16.1. The van der Waals surface area contributed by atoms with Crippen molar-refractivity contribution in [3.63, 3.8) is 0 Å². The summed E-state index contributed by atoms with van der Waals surface area (Å²) in [4.78, 5) is 31.2. The zero-order chi connectivity index (χ0) is 22.0. The number of nitrogens with zero attached hydrogens (tertiary/aromatic N) is 2. The number of aromatic nitrogens is 1. The number of hydrogen-bond donors (Lipinski definition) is 1. The molecule has 1 aliphatic heterocycles. The number of para-hydroxylation sites is 1. The molecule has 2 heterocycles. The summed E-state index contributed by atoms with van der Waals surface area (Å²) in [5, 5.41) is 3.64. The fourth-order valence-corrected chi connectivity index (χ4v) is 4.62. The van der Waals surface area contributed by atoms with Crippen LogP contribution in [0.25, 0.3) is 6.20 Å². The molecule has 0 amide bonds. The summed E-state index contributed by atoms with van der Waals surface area (Å²) < 4.78 is 7.29. The third-order valence-electron chi connectivity index (χ3n) is 4.86. The Balaban J connectivity index is 1.87. The average molecular weight is 454 g/mol. The molecule has 0 bridgehead atoms. The maximum absolute atomic E-state index is 13.4. The standard InChI is InChI=1S/C23H20ClN3O3S/c1-3-30-22(29)19-14(2)26-23-27(20(19)15-9-5-4-6-10-15)21(28)18(31-23)13-25-17-12-8-7-11-16(17)24/h4-13,20,25H,3H2,1-2H3/b18-13-/t20-/m1/s1. The van der Waals surface area contributed by atoms with Crippen LogP contribution in [0.1, 0.15) is 25.5 Å². The number of hydrogen-bond acceptors (Lipinski definition) is 6. The smallest absolute Gasteiger partial charge is 0.338 e. The Kier molecular flexibility index (Phi) is 6.06. The highest BCUT2D eigenvalue weighted by Crippen LogP contribution is 2.30. The quantitative estimate of drug-likeness (QED) is 0.600. The van der Waals surface area contributed by atoms with Crippen LogP contribution < -0.4 is 20.2 Å². The molecule has 0 fully saturated rings. The molecule has 6 nitrogen and oxygen atoms in total. The number of halogens is 1. The number of esters is 1. The predicted molar refractivity (Wildman–Crippen MR) is 123 cm³/mol. The van der Waals surface area contributed by atoms with Crippen molar-refractivity contribution in [2.24, 2.45) is 4.99 Å². The first-order chi connectivity index (χ1) is 15.0. The highest BCUT2D eigenvalue weighted by Gasteiger charge is 2.33. The van der Waals surface area contributed by atoms with E-state index in [0.29, 0.717) is 31.3 Å². The Labute approximate surface area is 187 Å². The fourth-order valence-electron chi connectivity index (χ4n) is 3.46. The van der Waals surface area contributed by atoms with Gasteiger partial charge in [-0.2, -0.15) is 0 Å². The van der Waals surface area contributed by atoms with Gasteiger partial charge in [-0.1, -0.05) is 65.4 Å². The van der Waals surface area contributed by atoms with Gasteiger partial charge in [-0.25, -0.2) is 9.79 Å². The van der Waals surface area contributed by atoms with Crippen LogP contribution in [0.15, 0.2) is 75.7 Å². The van der Waals surface area contributed by atoms with Crippen LogP contribution in [0.2, 0.25) is 5.02 Å². The summed E-state index contributed by atoms with van der Waals surface area (Å²) in [6.45, 7) is 3.76. The van der Waals surface area contributed by atoms with Gasteiger partial charge in [0, 0.05) is 6.20 Å². The molecular weight excluding hydrogens is 434 g/mol. The molecule has 0 saturated heterocycles. The summed E-state index contributed by atoms with van der Waals surface area (Å²) in [6.07, 6.45) is 1.62. The summed E-state index contributed by atoms with van der Waals surface area (Å²) in [5.74, 6) is -0.471. The topological polar surface area (TPSA) is 72.7 Å². The Hall–Kier alpha value is -3.16. The van der Waals surface area contributed by atoms with Gasteiger partial charge in [0.2, 0.25) is 0 Å². The van der Waals surface area contributed by atoms with Crippen LogP contribution in [-0.4, -0.2) is 17.1 Å². The predicted octanol–water partition coefficient (Wildman–Crippen LogP) is 3.47. The van der Waals surface area contributed by atoms with Gasteiger partial charge in [0.15, 0.2) is 4.80 Å². The molecule has 1 atom stereocenters. The van der Waals surface area contributed by atoms with Gasteiger partial charge in [0.05, 0.1) is 34.6 Å². The Bertz CT molecular complexity index is 1340. The number of rotatable bonds is 5. The van der Waals surface area contributed by atoms with Gasteiger partial charge < -0.3 is 10.1 Å².